The van der Waals surface area contributed by atoms with Crippen LogP contribution in [0.25, 0.3) is 0 Å². The first-order chi connectivity index (χ1) is 8.57. The third-order valence-electron chi connectivity index (χ3n) is 3.50. The van der Waals surface area contributed by atoms with Gasteiger partial charge in [-0.2, -0.15) is 0 Å². The first-order valence-electron chi connectivity index (χ1n) is 7.52. The Morgan fingerprint density at radius 3 is 2.72 bits per heavy atom. The van der Waals surface area contributed by atoms with Crippen LogP contribution in [0.15, 0.2) is 4.99 Å². The van der Waals surface area contributed by atoms with Crippen molar-refractivity contribution in [2.75, 3.05) is 13.1 Å². The average Bonchev–Trinajstić information content (AvgIpc) is 2.75. The summed E-state index contributed by atoms with van der Waals surface area (Å²) in [5.74, 6) is 0. The maximum absolute atomic E-state index is 4.60. The molecular weight excluding hydrogens is 240 g/mol. The molecule has 0 bridgehead atoms. The number of hydrogen-bond acceptors (Lipinski definition) is 3. The Bertz CT molecular complexity index is 261. The topological polar surface area (TPSA) is 24.4 Å². The van der Waals surface area contributed by atoms with Crippen LogP contribution in [0.5, 0.6) is 0 Å². The lowest BCUT2D eigenvalue weighted by atomic mass is 9.87. The number of hydrogen-bond donors (Lipinski definition) is 1. The smallest absolute Gasteiger partial charge is 0.156 e. The summed E-state index contributed by atoms with van der Waals surface area (Å²) in [7, 11) is 0. The molecule has 18 heavy (non-hydrogen) atoms. The number of amidine groups is 1. The summed E-state index contributed by atoms with van der Waals surface area (Å²) in [5, 5.41) is 5.45. The molecule has 1 aliphatic heterocycles. The molecule has 0 aromatic rings. The van der Waals surface area contributed by atoms with Gasteiger partial charge in [-0.3, -0.25) is 4.99 Å². The molecule has 106 valence electrons. The van der Waals surface area contributed by atoms with Crippen molar-refractivity contribution in [3.8, 4) is 0 Å². The first-order valence-corrected chi connectivity index (χ1v) is 8.40. The second-order valence-corrected chi connectivity index (χ2v) is 7.44. The summed E-state index contributed by atoms with van der Waals surface area (Å²) in [5.41, 5.74) is 0.390. The molecule has 3 heteroatoms. The molecule has 0 saturated carbocycles. The van der Waals surface area contributed by atoms with Crippen LogP contribution < -0.4 is 5.32 Å². The fourth-order valence-corrected chi connectivity index (χ4v) is 3.37. The largest absolute Gasteiger partial charge is 0.364 e. The Balaban J connectivity index is 2.20. The molecule has 1 N–H and O–H groups in total. The molecule has 1 rings (SSSR count). The Hall–Kier alpha value is -0.180. The van der Waals surface area contributed by atoms with Gasteiger partial charge in [-0.15, -0.1) is 0 Å². The van der Waals surface area contributed by atoms with Crippen molar-refractivity contribution >= 4 is 16.9 Å². The zero-order valence-electron chi connectivity index (χ0n) is 12.6. The van der Waals surface area contributed by atoms with E-state index in [0.717, 1.165) is 18.3 Å². The molecule has 1 atom stereocenters. The summed E-state index contributed by atoms with van der Waals surface area (Å²) in [6.07, 6.45) is 7.89. The molecule has 2 nitrogen and oxygen atoms in total. The van der Waals surface area contributed by atoms with Gasteiger partial charge in [-0.05, 0) is 18.3 Å². The normalized spacial score (nSPS) is 20.0. The predicted octanol–water partition coefficient (Wildman–Crippen LogP) is 4.45. The minimum atomic E-state index is 0.390. The van der Waals surface area contributed by atoms with Crippen LogP contribution in [0.2, 0.25) is 0 Å². The van der Waals surface area contributed by atoms with E-state index in [1.54, 1.807) is 0 Å². The lowest BCUT2D eigenvalue weighted by molar-refractivity contribution is 0.320. The number of aliphatic imine (C=N–C) groups is 1. The van der Waals surface area contributed by atoms with Crippen LogP contribution in [-0.2, 0) is 0 Å². The predicted molar refractivity (Wildman–Crippen MR) is 84.5 cm³/mol. The van der Waals surface area contributed by atoms with Crippen molar-refractivity contribution in [2.24, 2.45) is 10.4 Å². The number of nitrogens with zero attached hydrogens (tertiary/aromatic N) is 1. The van der Waals surface area contributed by atoms with E-state index in [4.69, 9.17) is 0 Å². The number of nitrogens with one attached hydrogen (secondary N) is 1. The first kappa shape index (κ1) is 15.9. The Kier molecular flexibility index (Phi) is 7.13. The van der Waals surface area contributed by atoms with Crippen molar-refractivity contribution in [1.29, 1.82) is 0 Å². The lowest BCUT2D eigenvalue weighted by Crippen LogP contribution is -2.32. The average molecular weight is 270 g/mol. The van der Waals surface area contributed by atoms with E-state index >= 15 is 0 Å². The quantitative estimate of drug-likeness (QED) is 0.659. The summed E-state index contributed by atoms with van der Waals surface area (Å²) >= 11 is 1.94. The van der Waals surface area contributed by atoms with Crippen LogP contribution in [0.1, 0.15) is 66.2 Å². The highest BCUT2D eigenvalue weighted by molar-refractivity contribution is 8.14. The van der Waals surface area contributed by atoms with Gasteiger partial charge in [0.25, 0.3) is 0 Å². The van der Waals surface area contributed by atoms with E-state index in [1.807, 2.05) is 11.8 Å². The third-order valence-corrected chi connectivity index (χ3v) is 4.72. The molecule has 0 radical (unpaired) electrons. The SMILES string of the molecule is CCCCCC(C)(C)CNC1=NCC(CCC)S1. The maximum Gasteiger partial charge on any atom is 0.156 e. The van der Waals surface area contributed by atoms with Gasteiger partial charge in [-0.25, -0.2) is 0 Å². The summed E-state index contributed by atoms with van der Waals surface area (Å²) in [4.78, 5) is 4.60. The van der Waals surface area contributed by atoms with E-state index in [0.29, 0.717) is 5.41 Å². The zero-order chi connectivity index (χ0) is 13.4. The van der Waals surface area contributed by atoms with Gasteiger partial charge in [0.15, 0.2) is 5.17 Å². The number of thioether (sulfide) groups is 1. The van der Waals surface area contributed by atoms with Crippen LogP contribution >= 0.6 is 11.8 Å². The highest BCUT2D eigenvalue weighted by Gasteiger charge is 2.22. The zero-order valence-corrected chi connectivity index (χ0v) is 13.4. The van der Waals surface area contributed by atoms with Gasteiger partial charge in [0.05, 0.1) is 6.54 Å². The van der Waals surface area contributed by atoms with Crippen LogP contribution in [0.3, 0.4) is 0 Å². The van der Waals surface area contributed by atoms with Crippen molar-refractivity contribution in [1.82, 2.24) is 5.32 Å². The Morgan fingerprint density at radius 1 is 1.28 bits per heavy atom. The van der Waals surface area contributed by atoms with Gasteiger partial charge in [0.1, 0.15) is 0 Å². The maximum atomic E-state index is 4.60. The van der Waals surface area contributed by atoms with Gasteiger partial charge in [0.2, 0.25) is 0 Å². The second-order valence-electron chi connectivity index (χ2n) is 6.15. The Morgan fingerprint density at radius 2 is 2.06 bits per heavy atom. The van der Waals surface area contributed by atoms with Gasteiger partial charge >= 0.3 is 0 Å². The van der Waals surface area contributed by atoms with Crippen LogP contribution in [-0.4, -0.2) is 23.5 Å². The van der Waals surface area contributed by atoms with E-state index in [1.165, 1.54) is 43.7 Å². The van der Waals surface area contributed by atoms with Crippen LogP contribution in [0, 0.1) is 5.41 Å². The van der Waals surface area contributed by atoms with Gasteiger partial charge in [0, 0.05) is 11.8 Å². The molecular formula is C15H30N2S. The molecule has 0 aromatic carbocycles. The highest BCUT2D eigenvalue weighted by Crippen LogP contribution is 2.26. The molecule has 0 fully saturated rings. The van der Waals surface area contributed by atoms with Crippen molar-refractivity contribution < 1.29 is 0 Å². The standard InChI is InChI=1S/C15H30N2S/c1-5-7-8-10-15(3,4)12-17-14-16-11-13(18-14)9-6-2/h13H,5-12H2,1-4H3,(H,16,17). The Labute approximate surface area is 117 Å². The van der Waals surface area contributed by atoms with Crippen molar-refractivity contribution in [3.05, 3.63) is 0 Å². The highest BCUT2D eigenvalue weighted by atomic mass is 32.2. The molecule has 0 spiro atoms. The minimum absolute atomic E-state index is 0.390. The molecule has 0 amide bonds. The monoisotopic (exact) mass is 270 g/mol. The molecule has 1 unspecified atom stereocenters. The minimum Gasteiger partial charge on any atom is -0.364 e. The van der Waals surface area contributed by atoms with Crippen LogP contribution in [0.4, 0.5) is 0 Å². The van der Waals surface area contributed by atoms with E-state index in [9.17, 15) is 0 Å². The van der Waals surface area contributed by atoms with Crippen molar-refractivity contribution in [2.45, 2.75) is 71.5 Å². The fraction of sp³-hybridized carbons (Fsp3) is 0.933. The molecule has 1 aliphatic rings. The summed E-state index contributed by atoms with van der Waals surface area (Å²) in [6, 6.07) is 0. The molecule has 1 heterocycles. The number of rotatable bonds is 8. The van der Waals surface area contributed by atoms with Crippen molar-refractivity contribution in [3.63, 3.8) is 0 Å². The summed E-state index contributed by atoms with van der Waals surface area (Å²) < 4.78 is 0. The lowest BCUT2D eigenvalue weighted by Gasteiger charge is -2.25. The third kappa shape index (κ3) is 6.12. The van der Waals surface area contributed by atoms with Gasteiger partial charge < -0.3 is 5.32 Å². The molecule has 0 aromatic heterocycles. The fourth-order valence-electron chi connectivity index (χ4n) is 2.24. The molecule has 0 aliphatic carbocycles. The summed E-state index contributed by atoms with van der Waals surface area (Å²) in [6.45, 7) is 11.3. The van der Waals surface area contributed by atoms with E-state index < -0.39 is 0 Å². The number of unbranched alkanes of at least 4 members (excludes halogenated alkanes) is 2. The van der Waals surface area contributed by atoms with E-state index in [-0.39, 0.29) is 0 Å². The molecule has 0 saturated heterocycles. The second kappa shape index (κ2) is 8.08. The van der Waals surface area contributed by atoms with E-state index in [2.05, 4.69) is 38.0 Å². The van der Waals surface area contributed by atoms with Gasteiger partial charge in [-0.1, -0.05) is 65.1 Å².